The van der Waals surface area contributed by atoms with Crippen molar-refractivity contribution in [2.75, 3.05) is 29.9 Å². The zero-order valence-electron chi connectivity index (χ0n) is 18.1. The average molecular weight is 461 g/mol. The van der Waals surface area contributed by atoms with Crippen molar-refractivity contribution >= 4 is 21.5 Å². The molecule has 0 radical (unpaired) electrons. The first-order valence-electron chi connectivity index (χ1n) is 11.0. The van der Waals surface area contributed by atoms with Gasteiger partial charge in [-0.05, 0) is 60.2 Å². The fourth-order valence-electron chi connectivity index (χ4n) is 4.00. The molecule has 3 aromatic heterocycles. The molecular formula is C24H24N6O2S. The van der Waals surface area contributed by atoms with Gasteiger partial charge < -0.3 is 5.32 Å². The monoisotopic (exact) mass is 460 g/mol. The molecule has 0 unspecified atom stereocenters. The van der Waals surface area contributed by atoms with Gasteiger partial charge in [0.25, 0.3) is 0 Å². The maximum Gasteiger partial charge on any atom is 0.152 e. The fraction of sp³-hybridized carbons (Fsp3) is 0.333. The summed E-state index contributed by atoms with van der Waals surface area (Å²) in [7, 11) is -2.90. The van der Waals surface area contributed by atoms with E-state index in [1.54, 1.807) is 18.3 Å². The highest BCUT2D eigenvalue weighted by atomic mass is 32.2. The van der Waals surface area contributed by atoms with Crippen molar-refractivity contribution in [1.29, 1.82) is 5.26 Å². The zero-order chi connectivity index (χ0) is 22.8. The number of sulfone groups is 1. The van der Waals surface area contributed by atoms with Crippen LogP contribution in [0, 0.1) is 11.3 Å². The van der Waals surface area contributed by atoms with Gasteiger partial charge >= 0.3 is 0 Å². The highest BCUT2D eigenvalue weighted by Crippen LogP contribution is 2.42. The van der Waals surface area contributed by atoms with Gasteiger partial charge in [-0.1, -0.05) is 0 Å². The summed E-state index contributed by atoms with van der Waals surface area (Å²) in [6, 6.07) is 11.7. The second-order valence-electron chi connectivity index (χ2n) is 8.62. The number of nitrogens with one attached hydrogen (secondary N) is 1. The second-order valence-corrected chi connectivity index (χ2v) is 10.9. The number of nitrogens with zero attached hydrogens (tertiary/aromatic N) is 5. The minimum Gasteiger partial charge on any atom is -0.325 e. The van der Waals surface area contributed by atoms with E-state index >= 15 is 0 Å². The molecule has 5 rings (SSSR count). The molecule has 0 atom stereocenters. The van der Waals surface area contributed by atoms with E-state index in [2.05, 4.69) is 38.4 Å². The van der Waals surface area contributed by atoms with E-state index in [1.165, 1.54) is 18.4 Å². The van der Waals surface area contributed by atoms with Crippen molar-refractivity contribution in [2.24, 2.45) is 0 Å². The predicted octanol–water partition coefficient (Wildman–Crippen LogP) is 3.26. The Labute approximate surface area is 193 Å². The molecule has 9 heteroatoms. The Hall–Kier alpha value is -3.35. The van der Waals surface area contributed by atoms with E-state index in [9.17, 15) is 8.42 Å². The lowest BCUT2D eigenvalue weighted by molar-refractivity contribution is 0.287. The van der Waals surface area contributed by atoms with Crippen LogP contribution in [0.15, 0.2) is 48.9 Å². The highest BCUT2D eigenvalue weighted by Gasteiger charge is 2.25. The van der Waals surface area contributed by atoms with Gasteiger partial charge in [-0.25, -0.2) is 18.4 Å². The molecule has 4 heterocycles. The molecule has 1 saturated heterocycles. The van der Waals surface area contributed by atoms with Crippen molar-refractivity contribution in [3.05, 3.63) is 65.6 Å². The normalized spacial score (nSPS) is 17.9. The first-order valence-corrected chi connectivity index (χ1v) is 12.8. The zero-order valence-corrected chi connectivity index (χ0v) is 18.9. The Morgan fingerprint density at radius 1 is 1.09 bits per heavy atom. The van der Waals surface area contributed by atoms with Crippen LogP contribution in [0.3, 0.4) is 0 Å². The molecule has 1 aliphatic heterocycles. The number of nitriles is 1. The summed E-state index contributed by atoms with van der Waals surface area (Å²) in [5.74, 6) is 2.22. The lowest BCUT2D eigenvalue weighted by Gasteiger charge is -2.26. The maximum absolute atomic E-state index is 11.7. The predicted molar refractivity (Wildman–Crippen MR) is 126 cm³/mol. The third-order valence-corrected chi connectivity index (χ3v) is 7.58. The molecule has 2 aliphatic rings. The fourth-order valence-corrected chi connectivity index (χ4v) is 5.27. The second kappa shape index (κ2) is 8.89. The lowest BCUT2D eigenvalue weighted by Crippen LogP contribution is -2.39. The van der Waals surface area contributed by atoms with Crippen LogP contribution in [0.25, 0.3) is 11.3 Å². The summed E-state index contributed by atoms with van der Waals surface area (Å²) in [6.07, 6.45) is 7.57. The van der Waals surface area contributed by atoms with Crippen LogP contribution in [0.2, 0.25) is 0 Å². The summed E-state index contributed by atoms with van der Waals surface area (Å²) in [4.78, 5) is 15.7. The Balaban J connectivity index is 1.40. The van der Waals surface area contributed by atoms with E-state index in [0.717, 1.165) is 16.8 Å². The highest BCUT2D eigenvalue weighted by molar-refractivity contribution is 7.91. The van der Waals surface area contributed by atoms with Crippen molar-refractivity contribution in [2.45, 2.75) is 25.3 Å². The van der Waals surface area contributed by atoms with Crippen LogP contribution in [-0.2, 0) is 16.4 Å². The quantitative estimate of drug-likeness (QED) is 0.597. The molecule has 0 spiro atoms. The molecule has 2 fully saturated rings. The number of aromatic nitrogens is 3. The lowest BCUT2D eigenvalue weighted by atomic mass is 10.1. The molecule has 8 nitrogen and oxygen atoms in total. The van der Waals surface area contributed by atoms with Gasteiger partial charge in [0.2, 0.25) is 0 Å². The summed E-state index contributed by atoms with van der Waals surface area (Å²) in [6.45, 7) is 1.75. The third-order valence-electron chi connectivity index (χ3n) is 5.98. The van der Waals surface area contributed by atoms with Crippen molar-refractivity contribution in [1.82, 2.24) is 19.9 Å². The number of anilines is 2. The Morgan fingerprint density at radius 3 is 2.67 bits per heavy atom. The number of rotatable bonds is 6. The van der Waals surface area contributed by atoms with E-state index in [0.29, 0.717) is 42.8 Å². The van der Waals surface area contributed by atoms with Gasteiger partial charge in [-0.2, -0.15) is 5.26 Å². The van der Waals surface area contributed by atoms with Crippen LogP contribution in [0.4, 0.5) is 11.6 Å². The van der Waals surface area contributed by atoms with Gasteiger partial charge in [-0.3, -0.25) is 9.88 Å². The minimum atomic E-state index is -2.90. The first-order chi connectivity index (χ1) is 16.0. The van der Waals surface area contributed by atoms with Crippen LogP contribution >= 0.6 is 0 Å². The first kappa shape index (κ1) is 21.5. The van der Waals surface area contributed by atoms with Gasteiger partial charge in [0.05, 0.1) is 28.8 Å². The SMILES string of the molecule is N#Cc1ccnc(Nc2cc(C3CC3)cc(-c3cncc(CN4CCS(=O)(=O)CC4)c3)n2)c1. The summed E-state index contributed by atoms with van der Waals surface area (Å²) < 4.78 is 23.4. The summed E-state index contributed by atoms with van der Waals surface area (Å²) in [5, 5.41) is 12.4. The van der Waals surface area contributed by atoms with Crippen molar-refractivity contribution in [3.8, 4) is 17.3 Å². The van der Waals surface area contributed by atoms with Gasteiger partial charge in [0.1, 0.15) is 11.6 Å². The minimum absolute atomic E-state index is 0.209. The molecule has 1 aliphatic carbocycles. The molecule has 1 N–H and O–H groups in total. The van der Waals surface area contributed by atoms with Crippen molar-refractivity contribution < 1.29 is 8.42 Å². The van der Waals surface area contributed by atoms with Gasteiger partial charge in [-0.15, -0.1) is 0 Å². The van der Waals surface area contributed by atoms with Crippen LogP contribution < -0.4 is 5.32 Å². The topological polar surface area (TPSA) is 112 Å². The van der Waals surface area contributed by atoms with E-state index < -0.39 is 9.84 Å². The van der Waals surface area contributed by atoms with Crippen LogP contribution in [0.5, 0.6) is 0 Å². The molecule has 0 bridgehead atoms. The molecule has 0 amide bonds. The molecule has 0 aromatic carbocycles. The van der Waals surface area contributed by atoms with E-state index in [4.69, 9.17) is 10.2 Å². The van der Waals surface area contributed by atoms with Crippen molar-refractivity contribution in [3.63, 3.8) is 0 Å². The van der Waals surface area contributed by atoms with E-state index in [-0.39, 0.29) is 11.5 Å². The van der Waals surface area contributed by atoms with Crippen LogP contribution in [-0.4, -0.2) is 52.9 Å². The van der Waals surface area contributed by atoms with E-state index in [1.807, 2.05) is 18.5 Å². The molecule has 1 saturated carbocycles. The number of hydrogen-bond acceptors (Lipinski definition) is 8. The molecule has 3 aromatic rings. The maximum atomic E-state index is 11.7. The largest absolute Gasteiger partial charge is 0.325 e. The third kappa shape index (κ3) is 5.35. The summed E-state index contributed by atoms with van der Waals surface area (Å²) in [5.41, 5.74) is 4.54. The smallest absolute Gasteiger partial charge is 0.152 e. The Morgan fingerprint density at radius 2 is 1.91 bits per heavy atom. The Bertz CT molecular complexity index is 1320. The van der Waals surface area contributed by atoms with Gasteiger partial charge in [0, 0.05) is 43.8 Å². The molecule has 33 heavy (non-hydrogen) atoms. The number of hydrogen-bond donors (Lipinski definition) is 1. The van der Waals surface area contributed by atoms with Gasteiger partial charge in [0.15, 0.2) is 9.84 Å². The van der Waals surface area contributed by atoms with Crippen LogP contribution in [0.1, 0.15) is 35.4 Å². The Kier molecular flexibility index (Phi) is 5.79. The standard InChI is InChI=1S/C24H24N6O2S/c25-13-17-3-4-27-23(10-17)29-24-12-20(19-1-2-19)11-22(28-24)21-9-18(14-26-15-21)16-30-5-7-33(31,32)8-6-30/h3-4,9-12,14-15,19H,1-2,5-8,16H2,(H,27,28,29). The number of pyridine rings is 3. The molecule has 168 valence electrons. The average Bonchev–Trinajstić information content (AvgIpc) is 3.66. The summed E-state index contributed by atoms with van der Waals surface area (Å²) >= 11 is 0. The molecular weight excluding hydrogens is 436 g/mol.